The summed E-state index contributed by atoms with van der Waals surface area (Å²) in [6.07, 6.45) is 2.56. The zero-order chi connectivity index (χ0) is 21.9. The molecule has 1 N–H and O–H groups in total. The predicted molar refractivity (Wildman–Crippen MR) is 133 cm³/mol. The van der Waals surface area contributed by atoms with Crippen LogP contribution in [-0.4, -0.2) is 44.5 Å². The number of hydrogen-bond acceptors (Lipinski definition) is 5. The second-order valence-electron chi connectivity index (χ2n) is 6.48. The Hall–Kier alpha value is -0.960. The van der Waals surface area contributed by atoms with Crippen LogP contribution in [0.5, 0.6) is 5.75 Å². The van der Waals surface area contributed by atoms with Crippen LogP contribution in [0.15, 0.2) is 46.4 Å². The number of carbonyl (C=O) groups is 1. The van der Waals surface area contributed by atoms with E-state index in [-0.39, 0.29) is 11.4 Å². The number of hydrazone groups is 1. The van der Waals surface area contributed by atoms with Gasteiger partial charge in [0, 0.05) is 11.6 Å². The number of halogens is 3. The van der Waals surface area contributed by atoms with Gasteiger partial charge in [0.05, 0.1) is 25.4 Å². The molecule has 0 bridgehead atoms. The number of hydrogen-bond donors (Lipinski definition) is 1. The molecule has 1 aliphatic heterocycles. The van der Waals surface area contributed by atoms with Crippen molar-refractivity contribution in [1.29, 1.82) is 0 Å². The van der Waals surface area contributed by atoms with Gasteiger partial charge in [0.15, 0.2) is 0 Å². The Morgan fingerprint density at radius 3 is 2.50 bits per heavy atom. The first-order chi connectivity index (χ1) is 14.2. The lowest BCUT2D eigenvalue weighted by molar-refractivity contribution is -0.124. The highest BCUT2D eigenvalue weighted by Crippen LogP contribution is 2.28. The van der Waals surface area contributed by atoms with E-state index >= 15 is 0 Å². The number of benzene rings is 2. The molecular weight excluding hydrogens is 656 g/mol. The Labute approximate surface area is 207 Å². The number of amides is 1. The quantitative estimate of drug-likeness (QED) is 0.287. The fourth-order valence-electron chi connectivity index (χ4n) is 3.13. The second kappa shape index (κ2) is 10.1. The van der Waals surface area contributed by atoms with Gasteiger partial charge in [-0.3, -0.25) is 4.79 Å². The van der Waals surface area contributed by atoms with Crippen LogP contribution in [0.3, 0.4) is 0 Å². The number of sulfonamides is 1. The van der Waals surface area contributed by atoms with Crippen molar-refractivity contribution >= 4 is 78.9 Å². The Morgan fingerprint density at radius 1 is 1.27 bits per heavy atom. The minimum Gasteiger partial charge on any atom is -0.495 e. The summed E-state index contributed by atoms with van der Waals surface area (Å²) in [4.78, 5) is 12.7. The van der Waals surface area contributed by atoms with Crippen molar-refractivity contribution in [1.82, 2.24) is 9.73 Å². The van der Waals surface area contributed by atoms with Gasteiger partial charge >= 0.3 is 0 Å². The highest BCUT2D eigenvalue weighted by atomic mass is 127. The van der Waals surface area contributed by atoms with Crippen LogP contribution in [0.25, 0.3) is 0 Å². The molecule has 30 heavy (non-hydrogen) atoms. The normalized spacial score (nSPS) is 17.4. The first-order valence-electron chi connectivity index (χ1n) is 8.87. The average molecular weight is 674 g/mol. The van der Waals surface area contributed by atoms with Crippen LogP contribution >= 0.6 is 56.8 Å². The Morgan fingerprint density at radius 2 is 1.90 bits per heavy atom. The van der Waals surface area contributed by atoms with Crippen molar-refractivity contribution in [2.45, 2.75) is 23.8 Å². The van der Waals surface area contributed by atoms with E-state index in [1.54, 1.807) is 7.11 Å². The molecule has 1 atom stereocenters. The molecule has 0 aliphatic carbocycles. The zero-order valence-electron chi connectivity index (χ0n) is 15.8. The highest BCUT2D eigenvalue weighted by molar-refractivity contribution is 14.1. The van der Waals surface area contributed by atoms with E-state index in [9.17, 15) is 13.2 Å². The summed E-state index contributed by atoms with van der Waals surface area (Å²) in [5.74, 6) is 0.325. The van der Waals surface area contributed by atoms with Gasteiger partial charge in [0.1, 0.15) is 11.8 Å². The summed E-state index contributed by atoms with van der Waals surface area (Å²) < 4.78 is 34.3. The van der Waals surface area contributed by atoms with Crippen LogP contribution < -0.4 is 10.2 Å². The van der Waals surface area contributed by atoms with Gasteiger partial charge < -0.3 is 4.74 Å². The van der Waals surface area contributed by atoms with Crippen molar-refractivity contribution in [2.24, 2.45) is 5.10 Å². The predicted octanol–water partition coefficient (Wildman–Crippen LogP) is 3.86. The number of nitrogens with zero attached hydrogens (tertiary/aromatic N) is 2. The van der Waals surface area contributed by atoms with Gasteiger partial charge in [-0.05, 0) is 100.0 Å². The molecule has 1 fully saturated rings. The van der Waals surface area contributed by atoms with Crippen molar-refractivity contribution in [3.8, 4) is 5.75 Å². The van der Waals surface area contributed by atoms with Crippen LogP contribution in [0.4, 0.5) is 0 Å². The van der Waals surface area contributed by atoms with Gasteiger partial charge in [-0.25, -0.2) is 13.8 Å². The maximum Gasteiger partial charge on any atom is 0.258 e. The maximum atomic E-state index is 12.9. The number of carbonyl (C=O) groups excluding carboxylic acids is 1. The lowest BCUT2D eigenvalue weighted by Crippen LogP contribution is -2.44. The van der Waals surface area contributed by atoms with E-state index in [2.05, 4.69) is 55.7 Å². The summed E-state index contributed by atoms with van der Waals surface area (Å²) in [5.41, 5.74) is 3.26. The maximum absolute atomic E-state index is 12.9. The van der Waals surface area contributed by atoms with E-state index in [4.69, 9.17) is 16.3 Å². The fourth-order valence-corrected chi connectivity index (χ4v) is 7.16. The first kappa shape index (κ1) is 23.7. The lowest BCUT2D eigenvalue weighted by Gasteiger charge is -2.22. The number of nitrogens with one attached hydrogen (secondary N) is 1. The Kier molecular flexibility index (Phi) is 7.98. The molecule has 0 spiro atoms. The highest BCUT2D eigenvalue weighted by Gasteiger charge is 2.39. The summed E-state index contributed by atoms with van der Waals surface area (Å²) in [6.45, 7) is 0.279. The minimum absolute atomic E-state index is 0.109. The van der Waals surface area contributed by atoms with E-state index in [0.29, 0.717) is 17.9 Å². The van der Waals surface area contributed by atoms with Crippen molar-refractivity contribution in [2.75, 3.05) is 13.7 Å². The molecule has 1 heterocycles. The molecule has 0 aromatic heterocycles. The van der Waals surface area contributed by atoms with Gasteiger partial charge in [0.25, 0.3) is 5.91 Å². The third kappa shape index (κ3) is 5.26. The topological polar surface area (TPSA) is 88.1 Å². The molecule has 0 unspecified atom stereocenters. The summed E-state index contributed by atoms with van der Waals surface area (Å²) >= 11 is 10.2. The second-order valence-corrected chi connectivity index (χ2v) is 11.1. The van der Waals surface area contributed by atoms with E-state index < -0.39 is 22.0 Å². The van der Waals surface area contributed by atoms with Crippen LogP contribution in [-0.2, 0) is 14.8 Å². The molecule has 0 radical (unpaired) electrons. The molecule has 2 aromatic carbocycles. The average Bonchev–Trinajstić information content (AvgIpc) is 3.19. The van der Waals surface area contributed by atoms with Crippen molar-refractivity contribution in [3.05, 3.63) is 54.1 Å². The fraction of sp³-hybridized carbons (Fsp3) is 0.263. The molecular formula is C19H18ClI2N3O4S. The van der Waals surface area contributed by atoms with Gasteiger partial charge in [-0.15, -0.1) is 0 Å². The molecule has 7 nitrogen and oxygen atoms in total. The summed E-state index contributed by atoms with van der Waals surface area (Å²) in [5, 5.41) is 4.46. The van der Waals surface area contributed by atoms with E-state index in [1.807, 2.05) is 12.1 Å². The SMILES string of the molecule is COc1c(I)cc(/C=N\NC(=O)[C@@H]2CCCN2S(=O)(=O)c2ccc(Cl)cc2)cc1I. The number of ether oxygens (including phenoxy) is 1. The third-order valence-corrected chi connectivity index (χ3v) is 8.32. The molecule has 1 amide bonds. The molecule has 3 rings (SSSR count). The first-order valence-corrected chi connectivity index (χ1v) is 12.8. The van der Waals surface area contributed by atoms with Gasteiger partial charge in [0.2, 0.25) is 10.0 Å². The number of rotatable bonds is 6. The molecule has 1 saturated heterocycles. The summed E-state index contributed by atoms with van der Waals surface area (Å²) in [7, 11) is -2.19. The largest absolute Gasteiger partial charge is 0.495 e. The smallest absolute Gasteiger partial charge is 0.258 e. The monoisotopic (exact) mass is 673 g/mol. The molecule has 160 valence electrons. The molecule has 0 saturated carbocycles. The standard InChI is InChI=1S/C19H18ClI2N3O4S/c1-29-18-15(21)9-12(10-16(18)22)11-23-24-19(26)17-3-2-8-25(17)30(27,28)14-6-4-13(20)5-7-14/h4-7,9-11,17H,2-3,8H2,1H3,(H,24,26)/b23-11-/t17-/m0/s1. The van der Waals surface area contributed by atoms with E-state index in [1.165, 1.54) is 34.8 Å². The summed E-state index contributed by atoms with van der Waals surface area (Å²) in [6, 6.07) is 8.86. The van der Waals surface area contributed by atoms with Crippen molar-refractivity contribution in [3.63, 3.8) is 0 Å². The lowest BCUT2D eigenvalue weighted by atomic mass is 10.2. The van der Waals surface area contributed by atoms with Gasteiger partial charge in [-0.2, -0.15) is 9.41 Å². The van der Waals surface area contributed by atoms with E-state index in [0.717, 1.165) is 18.5 Å². The Balaban J connectivity index is 1.72. The Bertz CT molecular complexity index is 1050. The molecule has 1 aliphatic rings. The zero-order valence-corrected chi connectivity index (χ0v) is 21.7. The third-order valence-electron chi connectivity index (χ3n) is 4.54. The van der Waals surface area contributed by atoms with Crippen molar-refractivity contribution < 1.29 is 17.9 Å². The minimum atomic E-state index is -3.80. The molecule has 11 heteroatoms. The van der Waals surface area contributed by atoms with Gasteiger partial charge in [-0.1, -0.05) is 11.6 Å². The van der Waals surface area contributed by atoms with Crippen LogP contribution in [0.1, 0.15) is 18.4 Å². The van der Waals surface area contributed by atoms with Crippen LogP contribution in [0, 0.1) is 7.14 Å². The molecule has 2 aromatic rings. The number of methoxy groups -OCH3 is 1. The van der Waals surface area contributed by atoms with Crippen LogP contribution in [0.2, 0.25) is 5.02 Å².